The average molecular weight is 344 g/mol. The number of H-pyrrole nitrogens is 1. The van der Waals surface area contributed by atoms with Gasteiger partial charge in [0.2, 0.25) is 5.95 Å². The smallest absolute Gasteiger partial charge is 0.319 e. The van der Waals surface area contributed by atoms with Crippen LogP contribution in [0.2, 0.25) is 0 Å². The SMILES string of the molecule is O=c1[nH]c2ccc(C(F)(F)F)cc2n2c(N3C=CC=CC=C3)ncc12. The van der Waals surface area contributed by atoms with Crippen molar-refractivity contribution >= 4 is 22.5 Å². The van der Waals surface area contributed by atoms with Crippen molar-refractivity contribution in [3.63, 3.8) is 0 Å². The molecule has 1 aliphatic rings. The molecule has 1 aliphatic heterocycles. The number of fused-ring (bicyclic) bond motifs is 3. The summed E-state index contributed by atoms with van der Waals surface area (Å²) >= 11 is 0. The van der Waals surface area contributed by atoms with Gasteiger partial charge in [-0.2, -0.15) is 13.2 Å². The van der Waals surface area contributed by atoms with Crippen LogP contribution in [-0.4, -0.2) is 14.4 Å². The maximum Gasteiger partial charge on any atom is 0.416 e. The number of imidazole rings is 1. The normalized spacial score (nSPS) is 14.6. The van der Waals surface area contributed by atoms with Crippen LogP contribution in [0.4, 0.5) is 19.1 Å². The molecule has 0 unspecified atom stereocenters. The molecule has 0 saturated heterocycles. The molecule has 0 atom stereocenters. The predicted octanol–water partition coefficient (Wildman–Crippen LogP) is 3.60. The molecule has 1 aromatic carbocycles. The Bertz CT molecular complexity index is 1100. The highest BCUT2D eigenvalue weighted by Gasteiger charge is 2.31. The summed E-state index contributed by atoms with van der Waals surface area (Å²) in [7, 11) is 0. The molecule has 1 N–H and O–H groups in total. The molecule has 0 fully saturated rings. The van der Waals surface area contributed by atoms with Crippen molar-refractivity contribution in [3.8, 4) is 0 Å². The Balaban J connectivity index is 2.07. The van der Waals surface area contributed by atoms with Crippen molar-refractivity contribution in [2.45, 2.75) is 6.18 Å². The molecule has 3 heterocycles. The van der Waals surface area contributed by atoms with Crippen LogP contribution in [0.15, 0.2) is 65.9 Å². The van der Waals surface area contributed by atoms with Gasteiger partial charge in [0.05, 0.1) is 22.8 Å². The minimum atomic E-state index is -4.48. The van der Waals surface area contributed by atoms with E-state index in [0.717, 1.165) is 12.1 Å². The highest BCUT2D eigenvalue weighted by Crippen LogP contribution is 2.31. The molecule has 0 radical (unpaired) electrons. The number of hydrogen-bond acceptors (Lipinski definition) is 3. The number of allylic oxidation sites excluding steroid dienone is 4. The Morgan fingerprint density at radius 1 is 1.00 bits per heavy atom. The first-order valence-corrected chi connectivity index (χ1v) is 7.36. The van der Waals surface area contributed by atoms with Gasteiger partial charge in [-0.15, -0.1) is 0 Å². The van der Waals surface area contributed by atoms with Crippen LogP contribution < -0.4 is 10.5 Å². The van der Waals surface area contributed by atoms with Crippen molar-refractivity contribution < 1.29 is 13.2 Å². The fraction of sp³-hybridized carbons (Fsp3) is 0.0588. The van der Waals surface area contributed by atoms with Crippen LogP contribution in [0.3, 0.4) is 0 Å². The first kappa shape index (κ1) is 15.3. The topological polar surface area (TPSA) is 53.4 Å². The van der Waals surface area contributed by atoms with Crippen LogP contribution in [0.5, 0.6) is 0 Å². The summed E-state index contributed by atoms with van der Waals surface area (Å²) in [5.74, 6) is 0.321. The number of rotatable bonds is 1. The van der Waals surface area contributed by atoms with Gasteiger partial charge in [0.1, 0.15) is 5.52 Å². The molecule has 2 aromatic heterocycles. The quantitative estimate of drug-likeness (QED) is 0.734. The first-order valence-electron chi connectivity index (χ1n) is 7.36. The molecule has 0 spiro atoms. The predicted molar refractivity (Wildman–Crippen MR) is 88.2 cm³/mol. The van der Waals surface area contributed by atoms with Gasteiger partial charge < -0.3 is 4.98 Å². The summed E-state index contributed by atoms with van der Waals surface area (Å²) < 4.78 is 40.7. The number of alkyl halides is 3. The van der Waals surface area contributed by atoms with Crippen LogP contribution in [0, 0.1) is 0 Å². The molecule has 126 valence electrons. The molecule has 0 amide bonds. The maximum atomic E-state index is 13.1. The lowest BCUT2D eigenvalue weighted by atomic mass is 10.2. The highest BCUT2D eigenvalue weighted by atomic mass is 19.4. The van der Waals surface area contributed by atoms with Gasteiger partial charge >= 0.3 is 6.18 Å². The fourth-order valence-electron chi connectivity index (χ4n) is 2.70. The number of aromatic amines is 1. The number of hydrogen-bond donors (Lipinski definition) is 1. The molecule has 3 aromatic rings. The zero-order chi connectivity index (χ0) is 17.6. The second kappa shape index (κ2) is 5.37. The summed E-state index contributed by atoms with van der Waals surface area (Å²) in [5.41, 5.74) is -0.536. The van der Waals surface area contributed by atoms with Crippen molar-refractivity contribution in [1.82, 2.24) is 14.4 Å². The van der Waals surface area contributed by atoms with E-state index in [0.29, 0.717) is 11.5 Å². The average Bonchev–Trinajstić information content (AvgIpc) is 2.84. The van der Waals surface area contributed by atoms with Crippen molar-refractivity contribution in [2.24, 2.45) is 0 Å². The summed E-state index contributed by atoms with van der Waals surface area (Å²) in [5, 5.41) is 0. The molecule has 8 heteroatoms. The van der Waals surface area contributed by atoms with Crippen LogP contribution in [0.1, 0.15) is 5.56 Å². The number of benzene rings is 1. The van der Waals surface area contributed by atoms with E-state index >= 15 is 0 Å². The zero-order valence-corrected chi connectivity index (χ0v) is 12.7. The molecule has 25 heavy (non-hydrogen) atoms. The zero-order valence-electron chi connectivity index (χ0n) is 12.7. The molecule has 0 aliphatic carbocycles. The third-order valence-electron chi connectivity index (χ3n) is 3.85. The highest BCUT2D eigenvalue weighted by molar-refractivity contribution is 5.81. The van der Waals surface area contributed by atoms with Crippen LogP contribution >= 0.6 is 0 Å². The van der Waals surface area contributed by atoms with Gasteiger partial charge in [-0.25, -0.2) is 4.98 Å². The van der Waals surface area contributed by atoms with Crippen molar-refractivity contribution in [1.29, 1.82) is 0 Å². The largest absolute Gasteiger partial charge is 0.416 e. The van der Waals surface area contributed by atoms with Gasteiger partial charge in [-0.3, -0.25) is 14.1 Å². The van der Waals surface area contributed by atoms with Gasteiger partial charge in [0.25, 0.3) is 5.56 Å². The summed E-state index contributed by atoms with van der Waals surface area (Å²) in [4.78, 5) is 20.7. The van der Waals surface area contributed by atoms with Crippen molar-refractivity contribution in [2.75, 3.05) is 4.90 Å². The van der Waals surface area contributed by atoms with Crippen LogP contribution in [-0.2, 0) is 6.18 Å². The number of nitrogens with zero attached hydrogens (tertiary/aromatic N) is 3. The monoisotopic (exact) mass is 344 g/mol. The lowest BCUT2D eigenvalue weighted by molar-refractivity contribution is -0.137. The summed E-state index contributed by atoms with van der Waals surface area (Å²) in [6.07, 6.45) is 7.40. The van der Waals surface area contributed by atoms with E-state index in [9.17, 15) is 18.0 Å². The van der Waals surface area contributed by atoms with E-state index < -0.39 is 17.3 Å². The Morgan fingerprint density at radius 2 is 1.72 bits per heavy atom. The van der Waals surface area contributed by atoms with E-state index in [1.165, 1.54) is 16.7 Å². The number of aromatic nitrogens is 3. The Labute approximate surface area is 139 Å². The first-order chi connectivity index (χ1) is 11.9. The molecule has 0 saturated carbocycles. The van der Waals surface area contributed by atoms with Gasteiger partial charge in [-0.05, 0) is 30.4 Å². The fourth-order valence-corrected chi connectivity index (χ4v) is 2.70. The van der Waals surface area contributed by atoms with E-state index in [4.69, 9.17) is 0 Å². The summed E-state index contributed by atoms with van der Waals surface area (Å²) in [6.45, 7) is 0. The molecule has 5 nitrogen and oxygen atoms in total. The van der Waals surface area contributed by atoms with E-state index in [2.05, 4.69) is 9.97 Å². The standard InChI is InChI=1S/C17H11F3N4O/c18-17(19,20)11-5-6-12-13(9-11)24-14(15(25)22-12)10-21-16(24)23-7-3-1-2-4-8-23/h1-10H,(H,22,25). The molecule has 4 rings (SSSR count). The molecular formula is C17H11F3N4O. The van der Waals surface area contributed by atoms with E-state index in [1.54, 1.807) is 41.6 Å². The maximum absolute atomic E-state index is 13.1. The van der Waals surface area contributed by atoms with Gasteiger partial charge in [-0.1, -0.05) is 12.2 Å². The number of halogens is 3. The van der Waals surface area contributed by atoms with E-state index in [1.807, 2.05) is 0 Å². The number of anilines is 1. The molecular weight excluding hydrogens is 333 g/mol. The van der Waals surface area contributed by atoms with Crippen molar-refractivity contribution in [3.05, 3.63) is 77.0 Å². The third kappa shape index (κ3) is 2.51. The Morgan fingerprint density at radius 3 is 2.40 bits per heavy atom. The summed E-state index contributed by atoms with van der Waals surface area (Å²) in [6, 6.07) is 3.20. The third-order valence-corrected chi connectivity index (χ3v) is 3.85. The van der Waals surface area contributed by atoms with Crippen LogP contribution in [0.25, 0.3) is 16.6 Å². The molecule has 0 bridgehead atoms. The second-order valence-corrected chi connectivity index (χ2v) is 5.44. The minimum Gasteiger partial charge on any atom is -0.319 e. The van der Waals surface area contributed by atoms with Gasteiger partial charge in [0, 0.05) is 12.4 Å². The number of nitrogens with one attached hydrogen (secondary N) is 1. The minimum absolute atomic E-state index is 0.167. The van der Waals surface area contributed by atoms with E-state index in [-0.39, 0.29) is 11.0 Å². The lowest BCUT2D eigenvalue weighted by Crippen LogP contribution is -2.15. The van der Waals surface area contributed by atoms with Gasteiger partial charge in [0.15, 0.2) is 0 Å². The second-order valence-electron chi connectivity index (χ2n) is 5.44. The lowest BCUT2D eigenvalue weighted by Gasteiger charge is -2.15. The Kier molecular flexibility index (Phi) is 3.28. The Hall–Kier alpha value is -3.29.